The molecule has 1 aliphatic carbocycles. The van der Waals surface area contributed by atoms with Gasteiger partial charge in [0.25, 0.3) is 5.91 Å². The molecule has 1 aromatic heterocycles. The van der Waals surface area contributed by atoms with Crippen molar-refractivity contribution in [1.82, 2.24) is 20.7 Å². The lowest BCUT2D eigenvalue weighted by atomic mass is 9.97. The molecular weight excluding hydrogens is 204 g/mol. The number of hydrogen-bond donors (Lipinski definition) is 2. The number of H-pyrrole nitrogens is 1. The number of carbonyl (C=O) groups is 1. The second-order valence-corrected chi connectivity index (χ2v) is 4.55. The zero-order chi connectivity index (χ0) is 11.4. The summed E-state index contributed by atoms with van der Waals surface area (Å²) in [7, 11) is 0. The monoisotopic (exact) mass is 222 g/mol. The summed E-state index contributed by atoms with van der Waals surface area (Å²) in [5.74, 6) is 0.436. The van der Waals surface area contributed by atoms with Crippen LogP contribution in [0, 0.1) is 5.92 Å². The van der Waals surface area contributed by atoms with Crippen molar-refractivity contribution in [2.24, 2.45) is 5.92 Å². The van der Waals surface area contributed by atoms with Gasteiger partial charge in [0.1, 0.15) is 0 Å². The van der Waals surface area contributed by atoms with Crippen LogP contribution in [0.4, 0.5) is 0 Å². The summed E-state index contributed by atoms with van der Waals surface area (Å²) in [4.78, 5) is 11.8. The summed E-state index contributed by atoms with van der Waals surface area (Å²) in [5.41, 5.74) is 0.372. The second kappa shape index (κ2) is 5.09. The summed E-state index contributed by atoms with van der Waals surface area (Å²) < 4.78 is 0. The van der Waals surface area contributed by atoms with E-state index in [4.69, 9.17) is 0 Å². The first-order valence-corrected chi connectivity index (χ1v) is 5.94. The van der Waals surface area contributed by atoms with Gasteiger partial charge >= 0.3 is 0 Å². The molecular formula is C11H18N4O. The lowest BCUT2D eigenvalue weighted by Gasteiger charge is -2.22. The molecule has 0 aromatic carbocycles. The van der Waals surface area contributed by atoms with Crippen molar-refractivity contribution in [3.05, 3.63) is 11.9 Å². The third kappa shape index (κ3) is 2.59. The van der Waals surface area contributed by atoms with Gasteiger partial charge in [-0.3, -0.25) is 4.79 Å². The van der Waals surface area contributed by atoms with Crippen LogP contribution in [0.2, 0.25) is 0 Å². The Morgan fingerprint density at radius 2 is 2.25 bits per heavy atom. The van der Waals surface area contributed by atoms with Crippen molar-refractivity contribution in [2.75, 3.05) is 0 Å². The number of amides is 1. The number of aromatic nitrogens is 3. The number of hydrogen-bond acceptors (Lipinski definition) is 3. The van der Waals surface area contributed by atoms with E-state index in [-0.39, 0.29) is 11.9 Å². The van der Waals surface area contributed by atoms with E-state index < -0.39 is 0 Å². The van der Waals surface area contributed by atoms with Crippen LogP contribution in [-0.2, 0) is 0 Å². The van der Waals surface area contributed by atoms with E-state index in [0.29, 0.717) is 11.6 Å². The maximum atomic E-state index is 11.8. The zero-order valence-corrected chi connectivity index (χ0v) is 9.57. The Bertz CT molecular complexity index is 336. The lowest BCUT2D eigenvalue weighted by Crippen LogP contribution is -2.39. The van der Waals surface area contributed by atoms with Crippen LogP contribution in [0.5, 0.6) is 0 Å². The van der Waals surface area contributed by atoms with E-state index in [9.17, 15) is 4.79 Å². The molecule has 0 aliphatic heterocycles. The first-order valence-electron chi connectivity index (χ1n) is 5.94. The highest BCUT2D eigenvalue weighted by Gasteiger charge is 2.22. The molecule has 1 aromatic rings. The molecule has 0 radical (unpaired) electrons. The molecule has 2 unspecified atom stereocenters. The Hall–Kier alpha value is -1.39. The molecule has 1 saturated carbocycles. The topological polar surface area (TPSA) is 70.7 Å². The molecule has 88 valence electrons. The van der Waals surface area contributed by atoms with E-state index in [1.54, 1.807) is 0 Å². The summed E-state index contributed by atoms with van der Waals surface area (Å²) >= 11 is 0. The molecule has 2 rings (SSSR count). The molecule has 0 bridgehead atoms. The van der Waals surface area contributed by atoms with Crippen LogP contribution in [0.3, 0.4) is 0 Å². The van der Waals surface area contributed by atoms with Crippen molar-refractivity contribution in [2.45, 2.75) is 45.1 Å². The molecule has 5 nitrogen and oxygen atoms in total. The van der Waals surface area contributed by atoms with Gasteiger partial charge in [0.2, 0.25) is 0 Å². The van der Waals surface area contributed by atoms with Gasteiger partial charge in [-0.05, 0) is 18.8 Å². The fourth-order valence-electron chi connectivity index (χ4n) is 2.26. The van der Waals surface area contributed by atoms with Crippen LogP contribution in [0.1, 0.15) is 49.5 Å². The summed E-state index contributed by atoms with van der Waals surface area (Å²) in [6.07, 6.45) is 7.48. The highest BCUT2D eigenvalue weighted by molar-refractivity contribution is 5.92. The summed E-state index contributed by atoms with van der Waals surface area (Å²) in [6, 6.07) is 0.284. The summed E-state index contributed by atoms with van der Waals surface area (Å²) in [5, 5.41) is 12.9. The van der Waals surface area contributed by atoms with Gasteiger partial charge in [-0.1, -0.05) is 26.2 Å². The maximum absolute atomic E-state index is 11.8. The van der Waals surface area contributed by atoms with E-state index in [1.807, 2.05) is 0 Å². The molecule has 1 aliphatic rings. The number of carbonyl (C=O) groups excluding carboxylic acids is 1. The molecule has 16 heavy (non-hydrogen) atoms. The average molecular weight is 222 g/mol. The minimum Gasteiger partial charge on any atom is -0.348 e. The Morgan fingerprint density at radius 3 is 3.00 bits per heavy atom. The average Bonchev–Trinajstić information content (AvgIpc) is 2.73. The van der Waals surface area contributed by atoms with Crippen LogP contribution in [-0.4, -0.2) is 27.4 Å². The van der Waals surface area contributed by atoms with E-state index in [0.717, 1.165) is 6.42 Å². The van der Waals surface area contributed by atoms with E-state index in [2.05, 4.69) is 27.7 Å². The Kier molecular flexibility index (Phi) is 3.54. The number of nitrogens with zero attached hydrogens (tertiary/aromatic N) is 2. The van der Waals surface area contributed by atoms with Crippen molar-refractivity contribution in [3.63, 3.8) is 0 Å². The van der Waals surface area contributed by atoms with Crippen LogP contribution >= 0.6 is 0 Å². The Morgan fingerprint density at radius 1 is 1.44 bits per heavy atom. The highest BCUT2D eigenvalue weighted by Crippen LogP contribution is 2.23. The number of rotatable bonds is 2. The first-order chi connectivity index (χ1) is 7.77. The van der Waals surface area contributed by atoms with Gasteiger partial charge in [-0.15, -0.1) is 0 Å². The third-order valence-electron chi connectivity index (χ3n) is 3.33. The molecule has 5 heteroatoms. The quantitative estimate of drug-likeness (QED) is 0.745. The lowest BCUT2D eigenvalue weighted by molar-refractivity contribution is 0.0916. The van der Waals surface area contributed by atoms with Gasteiger partial charge in [-0.25, -0.2) is 0 Å². The largest absolute Gasteiger partial charge is 0.348 e. The normalized spacial score (nSPS) is 26.1. The number of aromatic amines is 1. The second-order valence-electron chi connectivity index (χ2n) is 4.55. The van der Waals surface area contributed by atoms with Crippen LogP contribution < -0.4 is 5.32 Å². The van der Waals surface area contributed by atoms with Gasteiger partial charge in [0, 0.05) is 6.04 Å². The van der Waals surface area contributed by atoms with E-state index in [1.165, 1.54) is 31.9 Å². The van der Waals surface area contributed by atoms with Gasteiger partial charge in [-0.2, -0.15) is 15.4 Å². The molecule has 0 saturated heterocycles. The van der Waals surface area contributed by atoms with Crippen molar-refractivity contribution >= 4 is 5.91 Å². The Balaban J connectivity index is 1.95. The molecule has 1 amide bonds. The highest BCUT2D eigenvalue weighted by atomic mass is 16.2. The molecule has 1 heterocycles. The van der Waals surface area contributed by atoms with E-state index >= 15 is 0 Å². The summed E-state index contributed by atoms with van der Waals surface area (Å²) in [6.45, 7) is 2.21. The zero-order valence-electron chi connectivity index (χ0n) is 9.57. The number of nitrogens with one attached hydrogen (secondary N) is 2. The Labute approximate surface area is 95.0 Å². The fraction of sp³-hybridized carbons (Fsp3) is 0.727. The van der Waals surface area contributed by atoms with Crippen LogP contribution in [0.25, 0.3) is 0 Å². The predicted molar refractivity (Wildman–Crippen MR) is 59.9 cm³/mol. The molecule has 1 fully saturated rings. The standard InChI is InChI=1S/C11H18N4O/c1-8-5-3-2-4-6-9(8)13-11(16)10-7-12-15-14-10/h7-9H,2-6H2,1H3,(H,13,16)(H,12,14,15). The predicted octanol–water partition coefficient (Wildman–Crippen LogP) is 1.50. The van der Waals surface area contributed by atoms with Crippen molar-refractivity contribution in [1.29, 1.82) is 0 Å². The fourth-order valence-corrected chi connectivity index (χ4v) is 2.26. The van der Waals surface area contributed by atoms with Gasteiger partial charge in [0.15, 0.2) is 5.69 Å². The maximum Gasteiger partial charge on any atom is 0.273 e. The SMILES string of the molecule is CC1CCCCCC1NC(=O)c1cn[nH]n1. The molecule has 2 atom stereocenters. The first kappa shape index (κ1) is 11.1. The molecule has 0 spiro atoms. The van der Waals surface area contributed by atoms with Gasteiger partial charge in [0.05, 0.1) is 6.20 Å². The van der Waals surface area contributed by atoms with Crippen LogP contribution in [0.15, 0.2) is 6.20 Å². The third-order valence-corrected chi connectivity index (χ3v) is 3.33. The van der Waals surface area contributed by atoms with Crippen molar-refractivity contribution in [3.8, 4) is 0 Å². The van der Waals surface area contributed by atoms with Gasteiger partial charge < -0.3 is 5.32 Å². The minimum absolute atomic E-state index is 0.118. The van der Waals surface area contributed by atoms with Crippen molar-refractivity contribution < 1.29 is 4.79 Å². The molecule has 2 N–H and O–H groups in total. The minimum atomic E-state index is -0.118. The smallest absolute Gasteiger partial charge is 0.273 e.